The number of carbonyl (C=O) groups is 4. The van der Waals surface area contributed by atoms with Crippen molar-refractivity contribution in [2.24, 2.45) is 0 Å². The van der Waals surface area contributed by atoms with Crippen LogP contribution in [0.5, 0.6) is 0 Å². The lowest BCUT2D eigenvalue weighted by molar-refractivity contribution is -0.134. The minimum Gasteiger partial charge on any atom is -0.436 e. The monoisotopic (exact) mass is 617 g/mol. The summed E-state index contributed by atoms with van der Waals surface area (Å²) in [4.78, 5) is 58.7. The first-order chi connectivity index (χ1) is 22.3. The molecule has 2 unspecified atom stereocenters. The molecule has 3 aromatic carbocycles. The van der Waals surface area contributed by atoms with Crippen molar-refractivity contribution in [1.82, 2.24) is 14.8 Å². The highest BCUT2D eigenvalue weighted by atomic mass is 16.4. The molecule has 4 aromatic rings. The van der Waals surface area contributed by atoms with Gasteiger partial charge in [0.15, 0.2) is 5.76 Å². The molecular weight excluding hydrogens is 582 g/mol. The molecule has 2 N–H and O–H groups in total. The largest absolute Gasteiger partial charge is 0.436 e. The van der Waals surface area contributed by atoms with E-state index in [1.54, 1.807) is 52.4 Å². The van der Waals surface area contributed by atoms with E-state index in [4.69, 9.17) is 4.42 Å². The molecule has 1 aromatic heterocycles. The lowest BCUT2D eigenvalue weighted by Crippen LogP contribution is -2.43. The number of aryl methyl sites for hydroxylation is 1. The van der Waals surface area contributed by atoms with Gasteiger partial charge in [-0.25, -0.2) is 4.98 Å². The van der Waals surface area contributed by atoms with Crippen LogP contribution in [0.3, 0.4) is 0 Å². The molecule has 2 aliphatic heterocycles. The van der Waals surface area contributed by atoms with Crippen molar-refractivity contribution in [2.45, 2.75) is 45.2 Å². The molecule has 0 bridgehead atoms. The van der Waals surface area contributed by atoms with Crippen LogP contribution >= 0.6 is 0 Å². The lowest BCUT2D eigenvalue weighted by atomic mass is 10.0. The number of nitrogens with one attached hydrogen (secondary N) is 2. The van der Waals surface area contributed by atoms with Crippen molar-refractivity contribution in [1.29, 1.82) is 0 Å². The number of likely N-dealkylation sites (tertiary alicyclic amines) is 1. The Morgan fingerprint density at radius 3 is 2.24 bits per heavy atom. The van der Waals surface area contributed by atoms with Crippen molar-refractivity contribution in [2.75, 3.05) is 23.7 Å². The van der Waals surface area contributed by atoms with Crippen LogP contribution in [0.2, 0.25) is 0 Å². The highest BCUT2D eigenvalue weighted by Gasteiger charge is 2.33. The average molecular weight is 618 g/mol. The van der Waals surface area contributed by atoms with Gasteiger partial charge in [-0.2, -0.15) is 0 Å². The first-order valence-electron chi connectivity index (χ1n) is 15.4. The van der Waals surface area contributed by atoms with E-state index in [2.05, 4.69) is 15.6 Å². The second-order valence-corrected chi connectivity index (χ2v) is 11.4. The Labute approximate surface area is 267 Å². The summed E-state index contributed by atoms with van der Waals surface area (Å²) < 4.78 is 6.02. The molecule has 0 spiro atoms. The van der Waals surface area contributed by atoms with E-state index < -0.39 is 12.1 Å². The minimum absolute atomic E-state index is 0.0935. The molecular formula is C36H35N5O5. The zero-order valence-electron chi connectivity index (χ0n) is 25.7. The Morgan fingerprint density at radius 2 is 1.54 bits per heavy atom. The third-order valence-electron chi connectivity index (χ3n) is 8.42. The number of amides is 4. The summed E-state index contributed by atoms with van der Waals surface area (Å²) in [6.45, 7) is 4.47. The number of anilines is 2. The summed E-state index contributed by atoms with van der Waals surface area (Å²) in [5, 5.41) is 5.82. The van der Waals surface area contributed by atoms with Crippen LogP contribution in [0.4, 0.5) is 11.4 Å². The van der Waals surface area contributed by atoms with Gasteiger partial charge in [0.1, 0.15) is 12.1 Å². The molecule has 234 valence electrons. The Hall–Kier alpha value is -5.51. The third-order valence-corrected chi connectivity index (χ3v) is 8.42. The molecule has 10 nitrogen and oxygen atoms in total. The Bertz CT molecular complexity index is 1790. The van der Waals surface area contributed by atoms with Crippen LogP contribution in [0, 0.1) is 0 Å². The molecule has 0 aliphatic carbocycles. The molecule has 46 heavy (non-hydrogen) atoms. The fraction of sp³-hybridized carbons (Fsp3) is 0.250. The van der Waals surface area contributed by atoms with Crippen molar-refractivity contribution >= 4 is 35.0 Å². The number of hydrogen-bond donors (Lipinski definition) is 2. The summed E-state index contributed by atoms with van der Waals surface area (Å²) in [7, 11) is 0. The van der Waals surface area contributed by atoms with Gasteiger partial charge in [-0.1, -0.05) is 37.3 Å². The van der Waals surface area contributed by atoms with E-state index in [0.717, 1.165) is 29.5 Å². The van der Waals surface area contributed by atoms with Gasteiger partial charge in [-0.3, -0.25) is 19.2 Å². The van der Waals surface area contributed by atoms with Gasteiger partial charge in [0.25, 0.3) is 11.8 Å². The molecule has 1 saturated heterocycles. The van der Waals surface area contributed by atoms with Crippen LogP contribution in [0.25, 0.3) is 22.8 Å². The highest BCUT2D eigenvalue weighted by molar-refractivity contribution is 6.03. The third kappa shape index (κ3) is 6.32. The van der Waals surface area contributed by atoms with Gasteiger partial charge in [0.05, 0.1) is 6.20 Å². The number of aromatic nitrogens is 1. The zero-order chi connectivity index (χ0) is 32.2. The molecule has 6 rings (SSSR count). The predicted octanol–water partition coefficient (Wildman–Crippen LogP) is 5.54. The van der Waals surface area contributed by atoms with E-state index in [9.17, 15) is 19.2 Å². The second kappa shape index (κ2) is 13.2. The molecule has 0 radical (unpaired) electrons. The fourth-order valence-corrected chi connectivity index (χ4v) is 5.96. The van der Waals surface area contributed by atoms with Gasteiger partial charge in [-0.05, 0) is 79.4 Å². The van der Waals surface area contributed by atoms with E-state index in [0.29, 0.717) is 48.1 Å². The molecule has 2 atom stereocenters. The highest BCUT2D eigenvalue weighted by Crippen LogP contribution is 2.29. The SMILES string of the molecule is CCc1ccccc1C(=O)N1CC=CC1C(=O)Nc1ccc(-c2ncc(-c3ccc(NC(=O)C4CCCN4C(C)=O)cc3)o2)cc1. The Balaban J connectivity index is 1.07. The van der Waals surface area contributed by atoms with Crippen molar-refractivity contribution in [3.8, 4) is 22.8 Å². The molecule has 4 amide bonds. The number of benzene rings is 3. The van der Waals surface area contributed by atoms with Crippen molar-refractivity contribution in [3.63, 3.8) is 0 Å². The van der Waals surface area contributed by atoms with Gasteiger partial charge in [0.2, 0.25) is 17.7 Å². The van der Waals surface area contributed by atoms with Gasteiger partial charge >= 0.3 is 0 Å². The van der Waals surface area contributed by atoms with Crippen LogP contribution in [0.15, 0.2) is 95.6 Å². The lowest BCUT2D eigenvalue weighted by Gasteiger charge is -2.25. The van der Waals surface area contributed by atoms with Crippen molar-refractivity contribution in [3.05, 3.63) is 102 Å². The topological polar surface area (TPSA) is 125 Å². The summed E-state index contributed by atoms with van der Waals surface area (Å²) in [6, 6.07) is 20.7. The van der Waals surface area contributed by atoms with Crippen LogP contribution in [0.1, 0.15) is 42.6 Å². The average Bonchev–Trinajstić information content (AvgIpc) is 3.87. The molecule has 2 aliphatic rings. The van der Waals surface area contributed by atoms with Gasteiger partial charge in [-0.15, -0.1) is 0 Å². The smallest absolute Gasteiger partial charge is 0.255 e. The Morgan fingerprint density at radius 1 is 0.870 bits per heavy atom. The van der Waals surface area contributed by atoms with Crippen molar-refractivity contribution < 1.29 is 23.6 Å². The molecule has 0 saturated carbocycles. The van der Waals surface area contributed by atoms with E-state index in [-0.39, 0.29) is 23.6 Å². The zero-order valence-corrected chi connectivity index (χ0v) is 25.7. The number of rotatable bonds is 8. The van der Waals surface area contributed by atoms with Crippen LogP contribution in [-0.4, -0.2) is 63.6 Å². The maximum Gasteiger partial charge on any atom is 0.255 e. The first kappa shape index (κ1) is 30.5. The minimum atomic E-state index is -0.705. The normalized spacial score (nSPS) is 17.3. The van der Waals surface area contributed by atoms with E-state index in [1.165, 1.54) is 6.92 Å². The first-order valence-corrected chi connectivity index (χ1v) is 15.4. The molecule has 10 heteroatoms. The number of carbonyl (C=O) groups excluding carboxylic acids is 4. The molecule has 1 fully saturated rings. The standard InChI is InChI=1S/C36H35N5O5/c1-3-24-8-4-5-9-29(24)36(45)41-21-7-11-31(41)34(44)39-28-18-14-26(15-19-28)35-37-22-32(46-35)25-12-16-27(17-13-25)38-33(43)30-10-6-20-40(30)23(2)42/h4-5,7-9,11-19,22,30-31H,3,6,10,20-21H2,1-2H3,(H,38,43)(H,39,44). The number of oxazole rings is 1. The quantitative estimate of drug-likeness (QED) is 0.250. The number of nitrogens with zero attached hydrogens (tertiary/aromatic N) is 3. The summed E-state index contributed by atoms with van der Waals surface area (Å²) in [5.74, 6) is 0.241. The van der Waals surface area contributed by atoms with Gasteiger partial charge in [0, 0.05) is 48.1 Å². The summed E-state index contributed by atoms with van der Waals surface area (Å²) in [6.07, 6.45) is 7.43. The summed E-state index contributed by atoms with van der Waals surface area (Å²) in [5.41, 5.74) is 4.31. The second-order valence-electron chi connectivity index (χ2n) is 11.4. The van der Waals surface area contributed by atoms with E-state index in [1.807, 2.05) is 55.5 Å². The predicted molar refractivity (Wildman–Crippen MR) is 175 cm³/mol. The fourth-order valence-electron chi connectivity index (χ4n) is 5.96. The van der Waals surface area contributed by atoms with Crippen LogP contribution in [-0.2, 0) is 20.8 Å². The summed E-state index contributed by atoms with van der Waals surface area (Å²) >= 11 is 0. The van der Waals surface area contributed by atoms with Gasteiger partial charge < -0.3 is 24.9 Å². The Kier molecular flexibility index (Phi) is 8.78. The maximum absolute atomic E-state index is 13.3. The maximum atomic E-state index is 13.3. The number of hydrogen-bond acceptors (Lipinski definition) is 6. The van der Waals surface area contributed by atoms with E-state index >= 15 is 0 Å². The van der Waals surface area contributed by atoms with Crippen LogP contribution < -0.4 is 10.6 Å². The molecule has 3 heterocycles.